The van der Waals surface area contributed by atoms with Gasteiger partial charge < -0.3 is 15.3 Å². The third kappa shape index (κ3) is 3.95. The number of likely N-dealkylation sites (tertiary alicyclic amines) is 1. The average Bonchev–Trinajstić information content (AvgIpc) is 2.82. The number of nitrogens with zero attached hydrogens (tertiary/aromatic N) is 1. The number of carbonyl (C=O) groups excluding carboxylic acids is 2. The van der Waals surface area contributed by atoms with Gasteiger partial charge in [-0.05, 0) is 25.2 Å². The van der Waals surface area contributed by atoms with E-state index in [1.165, 1.54) is 0 Å². The summed E-state index contributed by atoms with van der Waals surface area (Å²) in [6.45, 7) is 8.59. The van der Waals surface area contributed by atoms with Crippen LogP contribution in [-0.4, -0.2) is 46.6 Å². The first-order valence-corrected chi connectivity index (χ1v) is 7.64. The molecule has 116 valence electrons. The summed E-state index contributed by atoms with van der Waals surface area (Å²) in [7, 11) is 0. The SMILES string of the molecule is CCC(O)(CC)CNC(=O)C(C(C)C)N1CCCC1=O. The van der Waals surface area contributed by atoms with Gasteiger partial charge in [0.2, 0.25) is 11.8 Å². The number of carbonyl (C=O) groups is 2. The molecule has 1 heterocycles. The van der Waals surface area contributed by atoms with Crippen LogP contribution in [0.25, 0.3) is 0 Å². The Labute approximate surface area is 121 Å². The summed E-state index contributed by atoms with van der Waals surface area (Å²) < 4.78 is 0. The molecule has 1 saturated heterocycles. The van der Waals surface area contributed by atoms with Gasteiger partial charge in [-0.2, -0.15) is 0 Å². The largest absolute Gasteiger partial charge is 0.388 e. The van der Waals surface area contributed by atoms with Crippen LogP contribution in [-0.2, 0) is 9.59 Å². The molecule has 1 aliphatic heterocycles. The molecule has 5 nitrogen and oxygen atoms in total. The van der Waals surface area contributed by atoms with Crippen LogP contribution in [0, 0.1) is 5.92 Å². The van der Waals surface area contributed by atoms with Crippen molar-refractivity contribution >= 4 is 11.8 Å². The highest BCUT2D eigenvalue weighted by atomic mass is 16.3. The standard InChI is InChI=1S/C15H28N2O3/c1-5-15(20,6-2)10-16-14(19)13(11(3)4)17-9-7-8-12(17)18/h11,13,20H,5-10H2,1-4H3,(H,16,19). The van der Waals surface area contributed by atoms with Gasteiger partial charge in [0.1, 0.15) is 6.04 Å². The Morgan fingerprint density at radius 1 is 1.40 bits per heavy atom. The van der Waals surface area contributed by atoms with Crippen LogP contribution in [0.2, 0.25) is 0 Å². The van der Waals surface area contributed by atoms with E-state index in [0.717, 1.165) is 6.42 Å². The van der Waals surface area contributed by atoms with Crippen molar-refractivity contribution in [1.82, 2.24) is 10.2 Å². The van der Waals surface area contributed by atoms with Crippen molar-refractivity contribution in [2.45, 2.75) is 65.0 Å². The zero-order valence-corrected chi connectivity index (χ0v) is 13.1. The minimum Gasteiger partial charge on any atom is -0.388 e. The molecule has 1 fully saturated rings. The maximum absolute atomic E-state index is 12.4. The van der Waals surface area contributed by atoms with Crippen LogP contribution in [0.3, 0.4) is 0 Å². The van der Waals surface area contributed by atoms with Crippen molar-refractivity contribution in [2.75, 3.05) is 13.1 Å². The lowest BCUT2D eigenvalue weighted by molar-refractivity contribution is -0.139. The highest BCUT2D eigenvalue weighted by Gasteiger charge is 2.35. The number of hydrogen-bond acceptors (Lipinski definition) is 3. The Morgan fingerprint density at radius 3 is 2.40 bits per heavy atom. The van der Waals surface area contributed by atoms with Crippen molar-refractivity contribution in [1.29, 1.82) is 0 Å². The van der Waals surface area contributed by atoms with E-state index in [0.29, 0.717) is 25.8 Å². The van der Waals surface area contributed by atoms with E-state index in [2.05, 4.69) is 5.32 Å². The van der Waals surface area contributed by atoms with Gasteiger partial charge in [-0.3, -0.25) is 9.59 Å². The molecule has 0 aliphatic carbocycles. The Morgan fingerprint density at radius 2 is 2.00 bits per heavy atom. The van der Waals surface area contributed by atoms with E-state index in [9.17, 15) is 14.7 Å². The van der Waals surface area contributed by atoms with Crippen molar-refractivity contribution in [2.24, 2.45) is 5.92 Å². The normalized spacial score (nSPS) is 17.7. The Kier molecular flexibility index (Phi) is 5.99. The highest BCUT2D eigenvalue weighted by molar-refractivity contribution is 5.88. The molecule has 0 aromatic rings. The maximum atomic E-state index is 12.4. The summed E-state index contributed by atoms with van der Waals surface area (Å²) in [5.41, 5.74) is -0.855. The smallest absolute Gasteiger partial charge is 0.243 e. The monoisotopic (exact) mass is 284 g/mol. The van der Waals surface area contributed by atoms with Crippen LogP contribution in [0.5, 0.6) is 0 Å². The first-order valence-electron chi connectivity index (χ1n) is 7.64. The van der Waals surface area contributed by atoms with E-state index in [-0.39, 0.29) is 24.3 Å². The van der Waals surface area contributed by atoms with Crippen LogP contribution < -0.4 is 5.32 Å². The molecule has 0 spiro atoms. The molecule has 0 bridgehead atoms. The summed E-state index contributed by atoms with van der Waals surface area (Å²) in [6, 6.07) is -0.428. The van der Waals surface area contributed by atoms with Gasteiger partial charge in [-0.1, -0.05) is 27.7 Å². The van der Waals surface area contributed by atoms with E-state index >= 15 is 0 Å². The quantitative estimate of drug-likeness (QED) is 0.740. The van der Waals surface area contributed by atoms with Gasteiger partial charge >= 0.3 is 0 Å². The molecule has 1 unspecified atom stereocenters. The zero-order valence-electron chi connectivity index (χ0n) is 13.1. The lowest BCUT2D eigenvalue weighted by Gasteiger charge is -2.32. The number of nitrogens with one attached hydrogen (secondary N) is 1. The summed E-state index contributed by atoms with van der Waals surface area (Å²) in [5, 5.41) is 13.0. The summed E-state index contributed by atoms with van der Waals surface area (Å²) >= 11 is 0. The average molecular weight is 284 g/mol. The van der Waals surface area contributed by atoms with E-state index < -0.39 is 11.6 Å². The van der Waals surface area contributed by atoms with Crippen molar-refractivity contribution in [3.8, 4) is 0 Å². The van der Waals surface area contributed by atoms with Crippen molar-refractivity contribution in [3.63, 3.8) is 0 Å². The third-order valence-electron chi connectivity index (χ3n) is 4.25. The van der Waals surface area contributed by atoms with Crippen molar-refractivity contribution < 1.29 is 14.7 Å². The fourth-order valence-electron chi connectivity index (χ4n) is 2.62. The fraction of sp³-hybridized carbons (Fsp3) is 0.867. The molecule has 0 saturated carbocycles. The minimum absolute atomic E-state index is 0.0556. The van der Waals surface area contributed by atoms with E-state index in [4.69, 9.17) is 0 Å². The van der Waals surface area contributed by atoms with Gasteiger partial charge in [0.05, 0.1) is 5.60 Å². The second-order valence-electron chi connectivity index (χ2n) is 6.03. The van der Waals surface area contributed by atoms with Crippen molar-refractivity contribution in [3.05, 3.63) is 0 Å². The van der Waals surface area contributed by atoms with Crippen LogP contribution in [0.4, 0.5) is 0 Å². The Bertz CT molecular complexity index is 351. The molecule has 1 atom stereocenters. The number of aliphatic hydroxyl groups is 1. The molecule has 0 aromatic carbocycles. The number of rotatable bonds is 7. The molecule has 1 rings (SSSR count). The third-order valence-corrected chi connectivity index (χ3v) is 4.25. The number of hydrogen-bond donors (Lipinski definition) is 2. The molecular formula is C15H28N2O3. The predicted octanol–water partition coefficient (Wildman–Crippen LogP) is 1.30. The summed E-state index contributed by atoms with van der Waals surface area (Å²) in [5.74, 6) is -0.0379. The maximum Gasteiger partial charge on any atom is 0.243 e. The first kappa shape index (κ1) is 17.0. The molecule has 1 aliphatic rings. The molecule has 20 heavy (non-hydrogen) atoms. The van der Waals surface area contributed by atoms with Gasteiger partial charge in [0, 0.05) is 19.5 Å². The topological polar surface area (TPSA) is 69.6 Å². The predicted molar refractivity (Wildman–Crippen MR) is 78.1 cm³/mol. The molecule has 2 amide bonds. The lowest BCUT2D eigenvalue weighted by Crippen LogP contribution is -2.53. The fourth-order valence-corrected chi connectivity index (χ4v) is 2.62. The van der Waals surface area contributed by atoms with Gasteiger partial charge in [0.25, 0.3) is 0 Å². The number of amides is 2. The molecule has 5 heteroatoms. The van der Waals surface area contributed by atoms with Gasteiger partial charge in [-0.25, -0.2) is 0 Å². The van der Waals surface area contributed by atoms with Crippen LogP contribution in [0.1, 0.15) is 53.4 Å². The molecule has 2 N–H and O–H groups in total. The van der Waals surface area contributed by atoms with E-state index in [1.54, 1.807) is 4.90 Å². The Balaban J connectivity index is 2.68. The molecular weight excluding hydrogens is 256 g/mol. The highest BCUT2D eigenvalue weighted by Crippen LogP contribution is 2.20. The summed E-state index contributed by atoms with van der Waals surface area (Å²) in [6.07, 6.45) is 2.55. The van der Waals surface area contributed by atoms with Crippen LogP contribution in [0.15, 0.2) is 0 Å². The lowest BCUT2D eigenvalue weighted by atomic mass is 9.96. The zero-order chi connectivity index (χ0) is 15.3. The Hall–Kier alpha value is -1.10. The first-order chi connectivity index (χ1) is 9.34. The van der Waals surface area contributed by atoms with E-state index in [1.807, 2.05) is 27.7 Å². The summed E-state index contributed by atoms with van der Waals surface area (Å²) in [4.78, 5) is 25.9. The van der Waals surface area contributed by atoms with Crippen LogP contribution >= 0.6 is 0 Å². The van der Waals surface area contributed by atoms with Gasteiger partial charge in [-0.15, -0.1) is 0 Å². The molecule has 0 aromatic heterocycles. The minimum atomic E-state index is -0.855. The second kappa shape index (κ2) is 7.07. The second-order valence-corrected chi connectivity index (χ2v) is 6.03. The van der Waals surface area contributed by atoms with Gasteiger partial charge in [0.15, 0.2) is 0 Å². The molecule has 0 radical (unpaired) electrons.